The zero-order valence-corrected chi connectivity index (χ0v) is 11.6. The van der Waals surface area contributed by atoms with Gasteiger partial charge in [0.15, 0.2) is 0 Å². The number of likely N-dealkylation sites (N-methyl/N-ethyl adjacent to an activating group) is 1. The van der Waals surface area contributed by atoms with Gasteiger partial charge >= 0.3 is 0 Å². The van der Waals surface area contributed by atoms with Gasteiger partial charge in [-0.3, -0.25) is 0 Å². The second-order valence-electron chi connectivity index (χ2n) is 5.12. The molecule has 2 nitrogen and oxygen atoms in total. The summed E-state index contributed by atoms with van der Waals surface area (Å²) in [5, 5.41) is 10.5. The first-order chi connectivity index (χ1) is 8.05. The van der Waals surface area contributed by atoms with Gasteiger partial charge in [0.1, 0.15) is 12.1 Å². The molecular weight excluding hydrogens is 210 g/mol. The molecule has 96 valence electrons. The van der Waals surface area contributed by atoms with Gasteiger partial charge in [-0.1, -0.05) is 37.3 Å². The molecule has 0 amide bonds. The van der Waals surface area contributed by atoms with E-state index < -0.39 is 0 Å². The van der Waals surface area contributed by atoms with Gasteiger partial charge < -0.3 is 9.59 Å². The van der Waals surface area contributed by atoms with Crippen LogP contribution in [0.15, 0.2) is 30.3 Å². The molecule has 0 heterocycles. The largest absolute Gasteiger partial charge is 0.382 e. The molecule has 1 rings (SSSR count). The standard InChI is InChI=1S/C15H26NO/c1-5-12-16(4,6-2)13(3)15(17)14-10-8-7-9-11-14/h7-11,13,15,17H,5-6,12H2,1-4H3/q+1. The maximum Gasteiger partial charge on any atom is 0.130 e. The smallest absolute Gasteiger partial charge is 0.130 e. The van der Waals surface area contributed by atoms with Gasteiger partial charge in [-0.15, -0.1) is 0 Å². The Morgan fingerprint density at radius 3 is 2.24 bits per heavy atom. The molecule has 0 aromatic heterocycles. The third-order valence-electron chi connectivity index (χ3n) is 4.04. The molecule has 0 saturated carbocycles. The van der Waals surface area contributed by atoms with Crippen LogP contribution in [-0.4, -0.2) is 35.8 Å². The van der Waals surface area contributed by atoms with Crippen molar-refractivity contribution in [2.24, 2.45) is 0 Å². The van der Waals surface area contributed by atoms with Crippen molar-refractivity contribution in [3.8, 4) is 0 Å². The van der Waals surface area contributed by atoms with Crippen LogP contribution in [0, 0.1) is 0 Å². The minimum Gasteiger partial charge on any atom is -0.382 e. The molecule has 0 bridgehead atoms. The molecule has 3 atom stereocenters. The topological polar surface area (TPSA) is 20.2 Å². The SMILES string of the molecule is CCC[N+](C)(CC)C(C)C(O)c1ccccc1. The number of benzene rings is 1. The van der Waals surface area contributed by atoms with E-state index in [-0.39, 0.29) is 12.1 Å². The summed E-state index contributed by atoms with van der Waals surface area (Å²) in [5.74, 6) is 0. The Bertz CT molecular complexity index is 325. The predicted octanol–water partition coefficient (Wildman–Crippen LogP) is 2.99. The molecule has 0 spiro atoms. The first-order valence-electron chi connectivity index (χ1n) is 6.62. The van der Waals surface area contributed by atoms with Crippen LogP contribution in [0.3, 0.4) is 0 Å². The minimum atomic E-state index is -0.382. The Morgan fingerprint density at radius 1 is 1.18 bits per heavy atom. The molecule has 0 aliphatic heterocycles. The van der Waals surface area contributed by atoms with Gasteiger partial charge in [0.05, 0.1) is 20.1 Å². The van der Waals surface area contributed by atoms with Crippen LogP contribution < -0.4 is 0 Å². The van der Waals surface area contributed by atoms with Crippen LogP contribution in [0.4, 0.5) is 0 Å². The van der Waals surface area contributed by atoms with Crippen LogP contribution in [-0.2, 0) is 0 Å². The zero-order valence-electron chi connectivity index (χ0n) is 11.6. The second kappa shape index (κ2) is 6.18. The Kier molecular flexibility index (Phi) is 5.16. The fourth-order valence-corrected chi connectivity index (χ4v) is 2.43. The van der Waals surface area contributed by atoms with Crippen LogP contribution in [0.2, 0.25) is 0 Å². The number of aliphatic hydroxyl groups excluding tert-OH is 1. The lowest BCUT2D eigenvalue weighted by Crippen LogP contribution is -2.53. The van der Waals surface area contributed by atoms with Gasteiger partial charge in [0.25, 0.3) is 0 Å². The zero-order chi connectivity index (χ0) is 12.9. The van der Waals surface area contributed by atoms with Gasteiger partial charge in [0, 0.05) is 0 Å². The monoisotopic (exact) mass is 236 g/mol. The van der Waals surface area contributed by atoms with E-state index in [1.165, 1.54) is 0 Å². The predicted molar refractivity (Wildman–Crippen MR) is 72.7 cm³/mol. The average molecular weight is 236 g/mol. The molecule has 2 heteroatoms. The van der Waals surface area contributed by atoms with E-state index in [9.17, 15) is 5.11 Å². The summed E-state index contributed by atoms with van der Waals surface area (Å²) in [5.41, 5.74) is 1.02. The first-order valence-corrected chi connectivity index (χ1v) is 6.62. The quantitative estimate of drug-likeness (QED) is 0.753. The molecule has 0 aliphatic rings. The molecular formula is C15H26NO+. The van der Waals surface area contributed by atoms with Gasteiger partial charge in [-0.2, -0.15) is 0 Å². The number of hydrogen-bond donors (Lipinski definition) is 1. The van der Waals surface area contributed by atoms with E-state index in [0.29, 0.717) is 0 Å². The number of rotatable bonds is 6. The maximum atomic E-state index is 10.5. The number of quaternary nitrogens is 1. The summed E-state index contributed by atoms with van der Waals surface area (Å²) in [4.78, 5) is 0. The molecule has 3 unspecified atom stereocenters. The molecule has 0 saturated heterocycles. The summed E-state index contributed by atoms with van der Waals surface area (Å²) in [6, 6.07) is 10.2. The summed E-state index contributed by atoms with van der Waals surface area (Å²) < 4.78 is 0.923. The fraction of sp³-hybridized carbons (Fsp3) is 0.600. The normalized spacial score (nSPS) is 18.4. The Balaban J connectivity index is 2.84. The lowest BCUT2D eigenvalue weighted by atomic mass is 10.0. The van der Waals surface area contributed by atoms with Gasteiger partial charge in [-0.05, 0) is 25.8 Å². The van der Waals surface area contributed by atoms with Gasteiger partial charge in [-0.25, -0.2) is 0 Å². The van der Waals surface area contributed by atoms with Crippen molar-refractivity contribution in [1.82, 2.24) is 0 Å². The van der Waals surface area contributed by atoms with Crippen molar-refractivity contribution in [1.29, 1.82) is 0 Å². The molecule has 1 N–H and O–H groups in total. The third-order valence-corrected chi connectivity index (χ3v) is 4.04. The molecule has 0 aliphatic carbocycles. The first kappa shape index (κ1) is 14.2. The summed E-state index contributed by atoms with van der Waals surface area (Å²) in [6.07, 6.45) is 0.767. The molecule has 0 radical (unpaired) electrons. The molecule has 0 fully saturated rings. The third kappa shape index (κ3) is 3.30. The van der Waals surface area contributed by atoms with E-state index in [2.05, 4.69) is 27.8 Å². The highest BCUT2D eigenvalue weighted by Crippen LogP contribution is 2.25. The highest BCUT2D eigenvalue weighted by molar-refractivity contribution is 5.18. The summed E-state index contributed by atoms with van der Waals surface area (Å²) in [7, 11) is 2.24. The van der Waals surface area contributed by atoms with Crippen LogP contribution >= 0.6 is 0 Å². The molecule has 1 aromatic rings. The average Bonchev–Trinajstić information content (AvgIpc) is 2.38. The Morgan fingerprint density at radius 2 is 1.76 bits per heavy atom. The van der Waals surface area contributed by atoms with Crippen LogP contribution in [0.25, 0.3) is 0 Å². The molecule has 1 aromatic carbocycles. The highest BCUT2D eigenvalue weighted by Gasteiger charge is 2.32. The fourth-order valence-electron chi connectivity index (χ4n) is 2.43. The number of hydrogen-bond acceptors (Lipinski definition) is 1. The van der Waals surface area contributed by atoms with Crippen molar-refractivity contribution in [3.63, 3.8) is 0 Å². The van der Waals surface area contributed by atoms with E-state index in [0.717, 1.165) is 29.6 Å². The minimum absolute atomic E-state index is 0.224. The number of aliphatic hydroxyl groups is 1. The Hall–Kier alpha value is -0.860. The molecule has 17 heavy (non-hydrogen) atoms. The van der Waals surface area contributed by atoms with Gasteiger partial charge in [0.2, 0.25) is 0 Å². The van der Waals surface area contributed by atoms with Crippen molar-refractivity contribution < 1.29 is 9.59 Å². The van der Waals surface area contributed by atoms with E-state index >= 15 is 0 Å². The Labute approximate surface area is 105 Å². The van der Waals surface area contributed by atoms with Crippen molar-refractivity contribution in [2.75, 3.05) is 20.1 Å². The van der Waals surface area contributed by atoms with Crippen LogP contribution in [0.1, 0.15) is 38.9 Å². The van der Waals surface area contributed by atoms with Crippen molar-refractivity contribution in [3.05, 3.63) is 35.9 Å². The van der Waals surface area contributed by atoms with E-state index in [4.69, 9.17) is 0 Å². The van der Waals surface area contributed by atoms with Crippen molar-refractivity contribution in [2.45, 2.75) is 39.3 Å². The lowest BCUT2D eigenvalue weighted by Gasteiger charge is -2.41. The highest BCUT2D eigenvalue weighted by atomic mass is 16.3. The van der Waals surface area contributed by atoms with E-state index in [1.54, 1.807) is 0 Å². The maximum absolute atomic E-state index is 10.5. The second-order valence-corrected chi connectivity index (χ2v) is 5.12. The summed E-state index contributed by atoms with van der Waals surface area (Å²) >= 11 is 0. The van der Waals surface area contributed by atoms with Crippen molar-refractivity contribution >= 4 is 0 Å². The lowest BCUT2D eigenvalue weighted by molar-refractivity contribution is -0.934. The summed E-state index contributed by atoms with van der Waals surface area (Å²) in [6.45, 7) is 8.72. The van der Waals surface area contributed by atoms with Crippen LogP contribution in [0.5, 0.6) is 0 Å². The van der Waals surface area contributed by atoms with E-state index in [1.807, 2.05) is 30.3 Å². The number of nitrogens with zero attached hydrogens (tertiary/aromatic N) is 1.